The minimum Gasteiger partial charge on any atom is -0.388 e. The number of hydrogen-bond acceptors (Lipinski definition) is 3. The number of rotatable bonds is 5. The average molecular weight is 324 g/mol. The van der Waals surface area contributed by atoms with Crippen LogP contribution in [-0.2, 0) is 6.54 Å². The molecule has 0 bridgehead atoms. The fourth-order valence-corrected chi connectivity index (χ4v) is 3.38. The van der Waals surface area contributed by atoms with Crippen LogP contribution in [0.3, 0.4) is 0 Å². The number of amides is 1. The zero-order valence-electron chi connectivity index (χ0n) is 13.8. The summed E-state index contributed by atoms with van der Waals surface area (Å²) in [7, 11) is 0. The van der Waals surface area contributed by atoms with Gasteiger partial charge in [-0.1, -0.05) is 42.5 Å². The number of aliphatic hydroxyl groups excluding tert-OH is 1. The lowest BCUT2D eigenvalue weighted by molar-refractivity contribution is 0.0568. The van der Waals surface area contributed by atoms with Crippen molar-refractivity contribution in [2.75, 3.05) is 13.1 Å². The van der Waals surface area contributed by atoms with E-state index in [4.69, 9.17) is 5.73 Å². The van der Waals surface area contributed by atoms with Crippen LogP contribution >= 0.6 is 0 Å². The Hall–Kier alpha value is -2.17. The van der Waals surface area contributed by atoms with Crippen LogP contribution in [0.4, 0.5) is 0 Å². The number of carbonyl (C=O) groups is 1. The van der Waals surface area contributed by atoms with Gasteiger partial charge in [0.2, 0.25) is 5.91 Å². The van der Waals surface area contributed by atoms with Gasteiger partial charge in [0.1, 0.15) is 0 Å². The van der Waals surface area contributed by atoms with Crippen LogP contribution < -0.4 is 5.73 Å². The van der Waals surface area contributed by atoms with Crippen molar-refractivity contribution >= 4 is 5.91 Å². The third kappa shape index (κ3) is 4.02. The van der Waals surface area contributed by atoms with Crippen LogP contribution in [0.25, 0.3) is 0 Å². The number of nitrogens with two attached hydrogens (primary N) is 1. The highest BCUT2D eigenvalue weighted by Crippen LogP contribution is 2.31. The Labute approximate surface area is 142 Å². The maximum absolute atomic E-state index is 11.1. The first kappa shape index (κ1) is 16.7. The van der Waals surface area contributed by atoms with Crippen LogP contribution in [0.15, 0.2) is 54.6 Å². The number of piperidine rings is 1. The zero-order valence-corrected chi connectivity index (χ0v) is 13.8. The summed E-state index contributed by atoms with van der Waals surface area (Å²) in [6.07, 6.45) is 1.62. The minimum atomic E-state index is -0.391. The summed E-state index contributed by atoms with van der Waals surface area (Å²) in [4.78, 5) is 13.5. The predicted molar refractivity (Wildman–Crippen MR) is 94.4 cm³/mol. The summed E-state index contributed by atoms with van der Waals surface area (Å²) in [5.74, 6) is -0.0712. The van der Waals surface area contributed by atoms with Gasteiger partial charge in [-0.05, 0) is 55.1 Å². The molecule has 2 aromatic rings. The molecule has 3 rings (SSSR count). The second-order valence-corrected chi connectivity index (χ2v) is 6.53. The highest BCUT2D eigenvalue weighted by atomic mass is 16.3. The van der Waals surface area contributed by atoms with E-state index in [0.717, 1.165) is 38.0 Å². The van der Waals surface area contributed by atoms with Gasteiger partial charge in [-0.25, -0.2) is 0 Å². The molecule has 1 saturated heterocycles. The number of aliphatic hydroxyl groups is 1. The summed E-state index contributed by atoms with van der Waals surface area (Å²) in [5, 5.41) is 10.5. The van der Waals surface area contributed by atoms with Gasteiger partial charge >= 0.3 is 0 Å². The van der Waals surface area contributed by atoms with Gasteiger partial charge in [0, 0.05) is 12.1 Å². The standard InChI is InChI=1S/C20H24N2O2/c21-20(24)18-8-6-15(7-9-18)14-22-12-10-17(11-13-22)19(23)16-4-2-1-3-5-16/h1-9,17,19,23H,10-14H2,(H2,21,24). The molecule has 2 aromatic carbocycles. The normalized spacial score (nSPS) is 17.5. The van der Waals surface area contributed by atoms with Gasteiger partial charge in [0.25, 0.3) is 0 Å². The fraction of sp³-hybridized carbons (Fsp3) is 0.350. The SMILES string of the molecule is NC(=O)c1ccc(CN2CCC(C(O)c3ccccc3)CC2)cc1. The molecule has 1 atom stereocenters. The van der Waals surface area contributed by atoms with Crippen LogP contribution in [0.1, 0.15) is 40.4 Å². The lowest BCUT2D eigenvalue weighted by atomic mass is 9.87. The van der Waals surface area contributed by atoms with Crippen LogP contribution in [0.5, 0.6) is 0 Å². The van der Waals surface area contributed by atoms with E-state index in [2.05, 4.69) is 4.90 Å². The summed E-state index contributed by atoms with van der Waals surface area (Å²) >= 11 is 0. The molecule has 24 heavy (non-hydrogen) atoms. The smallest absolute Gasteiger partial charge is 0.248 e. The molecule has 0 aliphatic carbocycles. The largest absolute Gasteiger partial charge is 0.388 e. The highest BCUT2D eigenvalue weighted by molar-refractivity contribution is 5.92. The zero-order chi connectivity index (χ0) is 16.9. The second-order valence-electron chi connectivity index (χ2n) is 6.53. The van der Waals surface area contributed by atoms with Crippen molar-refractivity contribution in [2.24, 2.45) is 11.7 Å². The quantitative estimate of drug-likeness (QED) is 0.889. The lowest BCUT2D eigenvalue weighted by Crippen LogP contribution is -2.35. The number of benzene rings is 2. The average Bonchev–Trinajstić information content (AvgIpc) is 2.63. The van der Waals surface area contributed by atoms with Gasteiger partial charge in [0.05, 0.1) is 6.10 Å². The van der Waals surface area contributed by atoms with Crippen LogP contribution in [-0.4, -0.2) is 29.0 Å². The van der Waals surface area contributed by atoms with Crippen molar-refractivity contribution in [3.8, 4) is 0 Å². The van der Waals surface area contributed by atoms with Crippen molar-refractivity contribution in [1.82, 2.24) is 4.90 Å². The van der Waals surface area contributed by atoms with E-state index in [9.17, 15) is 9.90 Å². The monoisotopic (exact) mass is 324 g/mol. The predicted octanol–water partition coefficient (Wildman–Crippen LogP) is 2.73. The maximum Gasteiger partial charge on any atom is 0.248 e. The molecule has 1 amide bonds. The first-order chi connectivity index (χ1) is 11.6. The topological polar surface area (TPSA) is 66.6 Å². The molecular formula is C20H24N2O2. The summed E-state index contributed by atoms with van der Waals surface area (Å²) in [6, 6.07) is 17.4. The molecular weight excluding hydrogens is 300 g/mol. The van der Waals surface area contributed by atoms with Crippen LogP contribution in [0, 0.1) is 5.92 Å². The number of hydrogen-bond donors (Lipinski definition) is 2. The van der Waals surface area contributed by atoms with Crippen molar-refractivity contribution in [1.29, 1.82) is 0 Å². The third-order valence-corrected chi connectivity index (χ3v) is 4.86. The van der Waals surface area contributed by atoms with E-state index in [1.54, 1.807) is 12.1 Å². The molecule has 4 nitrogen and oxygen atoms in total. The second kappa shape index (κ2) is 7.60. The first-order valence-corrected chi connectivity index (χ1v) is 8.47. The van der Waals surface area contributed by atoms with E-state index in [-0.39, 0.29) is 6.10 Å². The Morgan fingerprint density at radius 2 is 1.71 bits per heavy atom. The van der Waals surface area contributed by atoms with E-state index >= 15 is 0 Å². The molecule has 0 radical (unpaired) electrons. The molecule has 0 saturated carbocycles. The Morgan fingerprint density at radius 1 is 1.08 bits per heavy atom. The van der Waals surface area contributed by atoms with Gasteiger partial charge in [-0.3, -0.25) is 9.69 Å². The molecule has 3 N–H and O–H groups in total. The van der Waals surface area contributed by atoms with E-state index in [0.29, 0.717) is 11.5 Å². The van der Waals surface area contributed by atoms with Crippen molar-refractivity contribution in [3.05, 3.63) is 71.3 Å². The highest BCUT2D eigenvalue weighted by Gasteiger charge is 2.26. The molecule has 1 unspecified atom stereocenters. The van der Waals surface area contributed by atoms with Gasteiger partial charge < -0.3 is 10.8 Å². The fourth-order valence-electron chi connectivity index (χ4n) is 3.38. The first-order valence-electron chi connectivity index (χ1n) is 8.47. The summed E-state index contributed by atoms with van der Waals surface area (Å²) < 4.78 is 0. The summed E-state index contributed by atoms with van der Waals surface area (Å²) in [6.45, 7) is 2.82. The van der Waals surface area contributed by atoms with Gasteiger partial charge in [-0.2, -0.15) is 0 Å². The maximum atomic E-state index is 11.1. The molecule has 4 heteroatoms. The molecule has 1 heterocycles. The number of nitrogens with zero attached hydrogens (tertiary/aromatic N) is 1. The van der Waals surface area contributed by atoms with Gasteiger partial charge in [0.15, 0.2) is 0 Å². The van der Waals surface area contributed by atoms with Crippen molar-refractivity contribution in [3.63, 3.8) is 0 Å². The van der Waals surface area contributed by atoms with Crippen LogP contribution in [0.2, 0.25) is 0 Å². The molecule has 126 valence electrons. The van der Waals surface area contributed by atoms with Crippen molar-refractivity contribution < 1.29 is 9.90 Å². The lowest BCUT2D eigenvalue weighted by Gasteiger charge is -2.34. The Kier molecular flexibility index (Phi) is 5.28. The number of carbonyl (C=O) groups excluding carboxylic acids is 1. The molecule has 0 aromatic heterocycles. The Morgan fingerprint density at radius 3 is 2.29 bits per heavy atom. The van der Waals surface area contributed by atoms with E-state index < -0.39 is 5.91 Å². The molecule has 0 spiro atoms. The minimum absolute atomic E-state index is 0.320. The Bertz CT molecular complexity index is 662. The Balaban J connectivity index is 1.52. The number of primary amides is 1. The van der Waals surface area contributed by atoms with Gasteiger partial charge in [-0.15, -0.1) is 0 Å². The van der Waals surface area contributed by atoms with E-state index in [1.807, 2.05) is 42.5 Å². The van der Waals surface area contributed by atoms with E-state index in [1.165, 1.54) is 5.56 Å². The molecule has 1 aliphatic rings. The third-order valence-electron chi connectivity index (χ3n) is 4.86. The number of likely N-dealkylation sites (tertiary alicyclic amines) is 1. The molecule has 1 fully saturated rings. The molecule has 1 aliphatic heterocycles. The summed E-state index contributed by atoms with van der Waals surface area (Å²) in [5.41, 5.74) is 8.01. The van der Waals surface area contributed by atoms with Crippen molar-refractivity contribution in [2.45, 2.75) is 25.5 Å².